The van der Waals surface area contributed by atoms with Gasteiger partial charge in [-0.3, -0.25) is 4.21 Å². The lowest BCUT2D eigenvalue weighted by Crippen LogP contribution is -2.39. The number of hydrogen-bond acceptors (Lipinski definition) is 2. The Morgan fingerprint density at radius 2 is 1.71 bits per heavy atom. The van der Waals surface area contributed by atoms with Crippen LogP contribution in [0.1, 0.15) is 64.7 Å². The molecule has 2 nitrogen and oxygen atoms in total. The molecule has 0 aromatic carbocycles. The highest BCUT2D eigenvalue weighted by Crippen LogP contribution is 2.30. The summed E-state index contributed by atoms with van der Waals surface area (Å²) in [6, 6.07) is 0.631. The van der Waals surface area contributed by atoms with E-state index in [0.29, 0.717) is 16.5 Å². The van der Waals surface area contributed by atoms with Crippen LogP contribution in [0, 0.1) is 0 Å². The summed E-state index contributed by atoms with van der Waals surface area (Å²) >= 11 is 0. The molecule has 3 atom stereocenters. The predicted octanol–water partition coefficient (Wildman–Crippen LogP) is 2.99. The molecule has 2 fully saturated rings. The first-order valence-electron chi connectivity index (χ1n) is 7.44. The lowest BCUT2D eigenvalue weighted by atomic mass is 9.95. The Morgan fingerprint density at radius 3 is 2.41 bits per heavy atom. The quantitative estimate of drug-likeness (QED) is 0.839. The fourth-order valence-electron chi connectivity index (χ4n) is 3.40. The van der Waals surface area contributed by atoms with Crippen LogP contribution in [-0.4, -0.2) is 27.3 Å². The number of hydrogen-bond donors (Lipinski definition) is 1. The molecular formula is C14H27NOS. The fourth-order valence-corrected chi connectivity index (χ4v) is 5.56. The molecule has 0 saturated heterocycles. The van der Waals surface area contributed by atoms with E-state index in [0.717, 1.165) is 13.0 Å². The Balaban J connectivity index is 1.85. The van der Waals surface area contributed by atoms with Gasteiger partial charge < -0.3 is 5.32 Å². The van der Waals surface area contributed by atoms with Crippen LogP contribution >= 0.6 is 0 Å². The van der Waals surface area contributed by atoms with Gasteiger partial charge in [-0.2, -0.15) is 0 Å². The maximum atomic E-state index is 12.6. The lowest BCUT2D eigenvalue weighted by Gasteiger charge is -2.32. The van der Waals surface area contributed by atoms with Crippen molar-refractivity contribution in [1.29, 1.82) is 0 Å². The molecule has 2 rings (SSSR count). The third-order valence-corrected chi connectivity index (χ3v) is 6.54. The van der Waals surface area contributed by atoms with E-state index in [1.165, 1.54) is 51.4 Å². The first-order chi connectivity index (χ1) is 8.31. The van der Waals surface area contributed by atoms with Gasteiger partial charge in [-0.05, 0) is 38.6 Å². The van der Waals surface area contributed by atoms with Crippen LogP contribution in [0.2, 0.25) is 0 Å². The maximum Gasteiger partial charge on any atom is 0.0365 e. The molecule has 2 aliphatic rings. The van der Waals surface area contributed by atoms with Crippen LogP contribution in [0.15, 0.2) is 0 Å². The molecule has 3 heteroatoms. The van der Waals surface area contributed by atoms with Crippen molar-refractivity contribution in [3.8, 4) is 0 Å². The van der Waals surface area contributed by atoms with Crippen LogP contribution in [0.4, 0.5) is 0 Å². The molecule has 0 heterocycles. The number of rotatable bonds is 4. The van der Waals surface area contributed by atoms with E-state index < -0.39 is 10.8 Å². The molecule has 0 spiro atoms. The average Bonchev–Trinajstić information content (AvgIpc) is 2.40. The Bertz CT molecular complexity index is 249. The van der Waals surface area contributed by atoms with E-state index >= 15 is 0 Å². The van der Waals surface area contributed by atoms with Gasteiger partial charge >= 0.3 is 0 Å². The van der Waals surface area contributed by atoms with Crippen LogP contribution in [0.5, 0.6) is 0 Å². The van der Waals surface area contributed by atoms with Crippen LogP contribution in [0.3, 0.4) is 0 Å². The van der Waals surface area contributed by atoms with Gasteiger partial charge in [0, 0.05) is 27.3 Å². The van der Waals surface area contributed by atoms with Gasteiger partial charge in [0.1, 0.15) is 0 Å². The highest BCUT2D eigenvalue weighted by atomic mass is 32.2. The Labute approximate surface area is 108 Å². The van der Waals surface area contributed by atoms with Crippen molar-refractivity contribution >= 4 is 10.8 Å². The summed E-state index contributed by atoms with van der Waals surface area (Å²) in [6.45, 7) is 3.22. The van der Waals surface area contributed by atoms with Crippen LogP contribution in [-0.2, 0) is 10.8 Å². The normalized spacial score (nSPS) is 33.5. The van der Waals surface area contributed by atoms with E-state index in [2.05, 4.69) is 12.2 Å². The minimum atomic E-state index is -0.557. The molecule has 0 amide bonds. The summed E-state index contributed by atoms with van der Waals surface area (Å²) in [7, 11) is -0.557. The monoisotopic (exact) mass is 257 g/mol. The van der Waals surface area contributed by atoms with Crippen molar-refractivity contribution in [2.24, 2.45) is 0 Å². The zero-order chi connectivity index (χ0) is 12.1. The number of nitrogens with one attached hydrogen (secondary N) is 1. The molecule has 0 aromatic rings. The highest BCUT2D eigenvalue weighted by molar-refractivity contribution is 7.86. The summed E-state index contributed by atoms with van der Waals surface area (Å²) in [5, 5.41) is 4.54. The van der Waals surface area contributed by atoms with Crippen LogP contribution < -0.4 is 5.32 Å². The summed E-state index contributed by atoms with van der Waals surface area (Å²) in [5.74, 6) is 0. The van der Waals surface area contributed by atoms with Gasteiger partial charge in [-0.15, -0.1) is 0 Å². The SMILES string of the molecule is CCNC1CCCC(S(=O)C2CCCCC2)C1. The largest absolute Gasteiger partial charge is 0.314 e. The zero-order valence-corrected chi connectivity index (χ0v) is 11.9. The average molecular weight is 257 g/mol. The Kier molecular flexibility index (Phi) is 5.49. The van der Waals surface area contributed by atoms with Crippen molar-refractivity contribution in [2.75, 3.05) is 6.54 Å². The van der Waals surface area contributed by atoms with Gasteiger partial charge in [0.15, 0.2) is 0 Å². The second-order valence-corrected chi connectivity index (χ2v) is 7.62. The van der Waals surface area contributed by atoms with Crippen molar-refractivity contribution in [1.82, 2.24) is 5.32 Å². The van der Waals surface area contributed by atoms with E-state index in [-0.39, 0.29) is 0 Å². The van der Waals surface area contributed by atoms with Crippen molar-refractivity contribution in [3.05, 3.63) is 0 Å². The van der Waals surface area contributed by atoms with E-state index in [1.54, 1.807) is 0 Å². The summed E-state index contributed by atoms with van der Waals surface area (Å²) < 4.78 is 12.6. The summed E-state index contributed by atoms with van der Waals surface area (Å²) in [6.07, 6.45) is 11.3. The van der Waals surface area contributed by atoms with E-state index in [4.69, 9.17) is 0 Å². The fraction of sp³-hybridized carbons (Fsp3) is 1.00. The molecule has 0 aliphatic heterocycles. The van der Waals surface area contributed by atoms with E-state index in [9.17, 15) is 4.21 Å². The molecule has 2 aliphatic carbocycles. The Hall–Kier alpha value is 0.110. The van der Waals surface area contributed by atoms with Gasteiger partial charge in [0.05, 0.1) is 0 Å². The molecule has 2 saturated carbocycles. The van der Waals surface area contributed by atoms with Crippen LogP contribution in [0.25, 0.3) is 0 Å². The molecule has 1 N–H and O–H groups in total. The maximum absolute atomic E-state index is 12.6. The Morgan fingerprint density at radius 1 is 1.00 bits per heavy atom. The predicted molar refractivity (Wildman–Crippen MR) is 74.7 cm³/mol. The van der Waals surface area contributed by atoms with Gasteiger partial charge in [0.25, 0.3) is 0 Å². The van der Waals surface area contributed by atoms with Gasteiger partial charge in [0.2, 0.25) is 0 Å². The van der Waals surface area contributed by atoms with Crippen molar-refractivity contribution in [3.63, 3.8) is 0 Å². The third-order valence-electron chi connectivity index (χ3n) is 4.33. The standard InChI is InChI=1S/C14H27NOS/c1-2-15-12-7-6-10-14(11-12)17(16)13-8-4-3-5-9-13/h12-15H,2-11H2,1H3. The topological polar surface area (TPSA) is 29.1 Å². The second-order valence-electron chi connectivity index (χ2n) is 5.63. The lowest BCUT2D eigenvalue weighted by molar-refractivity contribution is 0.380. The van der Waals surface area contributed by atoms with E-state index in [1.807, 2.05) is 0 Å². The molecule has 0 bridgehead atoms. The summed E-state index contributed by atoms with van der Waals surface area (Å²) in [5.41, 5.74) is 0. The summed E-state index contributed by atoms with van der Waals surface area (Å²) in [4.78, 5) is 0. The molecular weight excluding hydrogens is 230 g/mol. The molecule has 3 unspecified atom stereocenters. The van der Waals surface area contributed by atoms with Gasteiger partial charge in [-0.25, -0.2) is 0 Å². The molecule has 0 radical (unpaired) electrons. The minimum absolute atomic E-state index is 0.482. The van der Waals surface area contributed by atoms with Crippen molar-refractivity contribution < 1.29 is 4.21 Å². The highest BCUT2D eigenvalue weighted by Gasteiger charge is 2.30. The second kappa shape index (κ2) is 6.89. The third kappa shape index (κ3) is 3.78. The molecule has 100 valence electrons. The van der Waals surface area contributed by atoms with Crippen molar-refractivity contribution in [2.45, 2.75) is 81.3 Å². The smallest absolute Gasteiger partial charge is 0.0365 e. The molecule has 0 aromatic heterocycles. The molecule has 17 heavy (non-hydrogen) atoms. The minimum Gasteiger partial charge on any atom is -0.314 e. The first-order valence-corrected chi connectivity index (χ1v) is 8.71. The zero-order valence-electron chi connectivity index (χ0n) is 11.1. The first kappa shape index (κ1) is 13.5. The van der Waals surface area contributed by atoms with Gasteiger partial charge in [-0.1, -0.05) is 32.6 Å².